The number of benzene rings is 1. The smallest absolute Gasteiger partial charge is 0.326 e. The second-order valence-electron chi connectivity index (χ2n) is 5.64. The summed E-state index contributed by atoms with van der Waals surface area (Å²) in [6.07, 6.45) is 1.54. The van der Waals surface area contributed by atoms with Gasteiger partial charge in [-0.2, -0.15) is 4.98 Å². The van der Waals surface area contributed by atoms with E-state index < -0.39 is 12.0 Å². The summed E-state index contributed by atoms with van der Waals surface area (Å²) in [6.45, 7) is 1.73. The van der Waals surface area contributed by atoms with Crippen LogP contribution in [0, 0.1) is 6.92 Å². The van der Waals surface area contributed by atoms with Gasteiger partial charge in [0.05, 0.1) is 0 Å². The van der Waals surface area contributed by atoms with Gasteiger partial charge >= 0.3 is 5.97 Å². The van der Waals surface area contributed by atoms with E-state index in [1.165, 1.54) is 11.9 Å². The van der Waals surface area contributed by atoms with Gasteiger partial charge in [0, 0.05) is 26.3 Å². The van der Waals surface area contributed by atoms with Crippen LogP contribution in [0.25, 0.3) is 0 Å². The molecule has 7 nitrogen and oxygen atoms in total. The quantitative estimate of drug-likeness (QED) is 0.793. The van der Waals surface area contributed by atoms with Crippen LogP contribution in [-0.2, 0) is 22.4 Å². The van der Waals surface area contributed by atoms with Crippen LogP contribution in [0.15, 0.2) is 34.9 Å². The van der Waals surface area contributed by atoms with E-state index in [-0.39, 0.29) is 18.7 Å². The largest absolute Gasteiger partial charge is 0.480 e. The molecule has 0 aliphatic rings. The number of aromatic nitrogens is 2. The number of aryl methyl sites for hydroxylation is 2. The zero-order valence-corrected chi connectivity index (χ0v) is 13.8. The van der Waals surface area contributed by atoms with Crippen molar-refractivity contribution in [3.05, 3.63) is 47.6 Å². The average Bonchev–Trinajstić information content (AvgIpc) is 2.98. The third-order valence-corrected chi connectivity index (χ3v) is 3.77. The first-order valence-electron chi connectivity index (χ1n) is 7.79. The molecule has 0 saturated heterocycles. The number of carboxylic acid groups (broad SMARTS) is 1. The summed E-state index contributed by atoms with van der Waals surface area (Å²) in [5.74, 6) is -0.180. The summed E-state index contributed by atoms with van der Waals surface area (Å²) < 4.78 is 4.99. The Morgan fingerprint density at radius 2 is 2.00 bits per heavy atom. The SMILES string of the molecule is Cc1noc(CCCC(=O)N(C)C(Cc2ccccc2)C(=O)O)n1. The molecule has 24 heavy (non-hydrogen) atoms. The summed E-state index contributed by atoms with van der Waals surface area (Å²) in [5.41, 5.74) is 0.880. The van der Waals surface area contributed by atoms with Gasteiger partial charge in [0.25, 0.3) is 0 Å². The van der Waals surface area contributed by atoms with Crippen molar-refractivity contribution in [1.82, 2.24) is 15.0 Å². The molecule has 0 saturated carbocycles. The summed E-state index contributed by atoms with van der Waals surface area (Å²) in [7, 11) is 1.53. The van der Waals surface area contributed by atoms with Crippen molar-refractivity contribution in [2.45, 2.75) is 38.6 Å². The highest BCUT2D eigenvalue weighted by Gasteiger charge is 2.26. The van der Waals surface area contributed by atoms with E-state index in [2.05, 4.69) is 10.1 Å². The molecule has 2 rings (SSSR count). The van der Waals surface area contributed by atoms with Crippen molar-refractivity contribution < 1.29 is 19.2 Å². The molecule has 1 unspecified atom stereocenters. The fourth-order valence-corrected chi connectivity index (χ4v) is 2.41. The average molecular weight is 331 g/mol. The second kappa shape index (κ2) is 8.24. The third kappa shape index (κ3) is 4.91. The van der Waals surface area contributed by atoms with Crippen molar-refractivity contribution in [1.29, 1.82) is 0 Å². The lowest BCUT2D eigenvalue weighted by atomic mass is 10.0. The van der Waals surface area contributed by atoms with Gasteiger partial charge in [0.2, 0.25) is 11.8 Å². The monoisotopic (exact) mass is 331 g/mol. The molecular weight excluding hydrogens is 310 g/mol. The molecule has 0 fully saturated rings. The van der Waals surface area contributed by atoms with Gasteiger partial charge in [-0.3, -0.25) is 4.79 Å². The van der Waals surface area contributed by atoms with Gasteiger partial charge in [-0.05, 0) is 18.9 Å². The van der Waals surface area contributed by atoms with Crippen molar-refractivity contribution in [2.24, 2.45) is 0 Å². The van der Waals surface area contributed by atoms with Crippen LogP contribution in [0.4, 0.5) is 0 Å². The lowest BCUT2D eigenvalue weighted by Crippen LogP contribution is -2.43. The standard InChI is InChI=1S/C17H21N3O4/c1-12-18-15(24-19-12)9-6-10-16(21)20(2)14(17(22)23)11-13-7-4-3-5-8-13/h3-5,7-8,14H,6,9-11H2,1-2H3,(H,22,23). The number of carboxylic acids is 1. The molecule has 1 atom stereocenters. The Morgan fingerprint density at radius 1 is 1.29 bits per heavy atom. The Morgan fingerprint density at radius 3 is 2.58 bits per heavy atom. The number of likely N-dealkylation sites (N-methyl/N-ethyl adjacent to an activating group) is 1. The van der Waals surface area contributed by atoms with E-state index in [1.807, 2.05) is 30.3 Å². The third-order valence-electron chi connectivity index (χ3n) is 3.77. The maximum atomic E-state index is 12.3. The van der Waals surface area contributed by atoms with E-state index in [4.69, 9.17) is 4.52 Å². The number of carbonyl (C=O) groups excluding carboxylic acids is 1. The highest BCUT2D eigenvalue weighted by atomic mass is 16.5. The summed E-state index contributed by atoms with van der Waals surface area (Å²) in [5, 5.41) is 13.1. The van der Waals surface area contributed by atoms with Crippen LogP contribution < -0.4 is 0 Å². The van der Waals surface area contributed by atoms with Crippen LogP contribution in [0.1, 0.15) is 30.1 Å². The van der Waals surface area contributed by atoms with Gasteiger partial charge in [0.1, 0.15) is 6.04 Å². The van der Waals surface area contributed by atoms with Crippen molar-refractivity contribution in [3.8, 4) is 0 Å². The highest BCUT2D eigenvalue weighted by Crippen LogP contribution is 2.11. The van der Waals surface area contributed by atoms with Crippen LogP contribution in [-0.4, -0.2) is 45.1 Å². The molecule has 2 aromatic rings. The minimum atomic E-state index is -1.01. The summed E-state index contributed by atoms with van der Waals surface area (Å²) in [4.78, 5) is 29.2. The zero-order valence-electron chi connectivity index (χ0n) is 13.8. The first-order chi connectivity index (χ1) is 11.5. The molecule has 0 spiro atoms. The molecule has 0 aliphatic heterocycles. The molecule has 1 N–H and O–H groups in total. The molecular formula is C17H21N3O4. The predicted octanol–water partition coefficient (Wildman–Crippen LogP) is 1.86. The first-order valence-corrected chi connectivity index (χ1v) is 7.79. The van der Waals surface area contributed by atoms with Crippen LogP contribution in [0.5, 0.6) is 0 Å². The maximum absolute atomic E-state index is 12.3. The summed E-state index contributed by atoms with van der Waals surface area (Å²) in [6, 6.07) is 8.39. The number of aliphatic carboxylic acids is 1. The Hall–Kier alpha value is -2.70. The molecule has 1 amide bonds. The summed E-state index contributed by atoms with van der Waals surface area (Å²) >= 11 is 0. The molecule has 1 heterocycles. The number of nitrogens with zero attached hydrogens (tertiary/aromatic N) is 3. The van der Waals surface area contributed by atoms with Crippen molar-refractivity contribution in [3.63, 3.8) is 0 Å². The van der Waals surface area contributed by atoms with E-state index in [0.29, 0.717) is 24.6 Å². The predicted molar refractivity (Wildman–Crippen MR) is 86.3 cm³/mol. The fourth-order valence-electron chi connectivity index (χ4n) is 2.41. The van der Waals surface area contributed by atoms with Crippen LogP contribution >= 0.6 is 0 Å². The molecule has 128 valence electrons. The molecule has 0 radical (unpaired) electrons. The van der Waals surface area contributed by atoms with Gasteiger partial charge in [-0.25, -0.2) is 4.79 Å². The molecule has 7 heteroatoms. The van der Waals surface area contributed by atoms with Crippen molar-refractivity contribution in [2.75, 3.05) is 7.05 Å². The number of amides is 1. The van der Waals surface area contributed by atoms with Gasteiger partial charge < -0.3 is 14.5 Å². The number of rotatable bonds is 8. The first kappa shape index (κ1) is 17.7. The van der Waals surface area contributed by atoms with Crippen LogP contribution in [0.3, 0.4) is 0 Å². The lowest BCUT2D eigenvalue weighted by molar-refractivity contribution is -0.149. The Labute approximate surface area is 140 Å². The number of hydrogen-bond acceptors (Lipinski definition) is 5. The van der Waals surface area contributed by atoms with Crippen LogP contribution in [0.2, 0.25) is 0 Å². The molecule has 1 aromatic heterocycles. The molecule has 0 bridgehead atoms. The van der Waals surface area contributed by atoms with Gasteiger partial charge in [-0.1, -0.05) is 35.5 Å². The highest BCUT2D eigenvalue weighted by molar-refractivity contribution is 5.83. The second-order valence-corrected chi connectivity index (χ2v) is 5.64. The minimum absolute atomic E-state index is 0.213. The molecule has 1 aromatic carbocycles. The number of hydrogen-bond donors (Lipinski definition) is 1. The van der Waals surface area contributed by atoms with E-state index in [1.54, 1.807) is 6.92 Å². The minimum Gasteiger partial charge on any atom is -0.480 e. The van der Waals surface area contributed by atoms with Gasteiger partial charge in [-0.15, -0.1) is 0 Å². The van der Waals surface area contributed by atoms with Gasteiger partial charge in [0.15, 0.2) is 5.82 Å². The Bertz CT molecular complexity index is 684. The zero-order chi connectivity index (χ0) is 17.5. The normalized spacial score (nSPS) is 11.9. The van der Waals surface area contributed by atoms with E-state index in [0.717, 1.165) is 5.56 Å². The number of carbonyl (C=O) groups is 2. The van der Waals surface area contributed by atoms with E-state index >= 15 is 0 Å². The van der Waals surface area contributed by atoms with E-state index in [9.17, 15) is 14.7 Å². The van der Waals surface area contributed by atoms with Crippen molar-refractivity contribution >= 4 is 11.9 Å². The fraction of sp³-hybridized carbons (Fsp3) is 0.412. The topological polar surface area (TPSA) is 96.5 Å². The lowest BCUT2D eigenvalue weighted by Gasteiger charge is -2.25. The Kier molecular flexibility index (Phi) is 6.06. The Balaban J connectivity index is 1.89. The maximum Gasteiger partial charge on any atom is 0.326 e. The molecule has 0 aliphatic carbocycles.